The van der Waals surface area contributed by atoms with Crippen LogP contribution in [0.2, 0.25) is 0 Å². The SMILES string of the molecule is Cc1cc(C(C)C)ccc1-c1n(C)c2cc(C3CCCC3)cc3c2[n+]1CCC3. The zero-order valence-corrected chi connectivity index (χ0v) is 17.9. The second-order valence-electron chi connectivity index (χ2n) is 9.40. The van der Waals surface area contributed by atoms with E-state index in [1.807, 2.05) is 0 Å². The fourth-order valence-corrected chi connectivity index (χ4v) is 5.62. The Hall–Kier alpha value is -2.09. The number of aryl methyl sites for hydroxylation is 4. The summed E-state index contributed by atoms with van der Waals surface area (Å²) < 4.78 is 5.07. The molecule has 2 nitrogen and oxygen atoms in total. The molecule has 5 rings (SSSR count). The normalized spacial score (nSPS) is 17.2. The molecule has 0 N–H and O–H groups in total. The zero-order chi connectivity index (χ0) is 19.4. The van der Waals surface area contributed by atoms with E-state index in [1.165, 1.54) is 72.1 Å². The predicted molar refractivity (Wildman–Crippen MR) is 117 cm³/mol. The molecule has 3 aromatic rings. The molecular weight excluding hydrogens is 340 g/mol. The Morgan fingerprint density at radius 2 is 1.82 bits per heavy atom. The van der Waals surface area contributed by atoms with Crippen LogP contribution in [-0.2, 0) is 20.0 Å². The van der Waals surface area contributed by atoms with Crippen molar-refractivity contribution in [3.05, 3.63) is 52.6 Å². The molecule has 0 unspecified atom stereocenters. The van der Waals surface area contributed by atoms with E-state index < -0.39 is 0 Å². The average Bonchev–Trinajstić information content (AvgIpc) is 3.31. The maximum atomic E-state index is 2.60. The van der Waals surface area contributed by atoms with Crippen LogP contribution in [-0.4, -0.2) is 4.57 Å². The van der Waals surface area contributed by atoms with Crippen molar-refractivity contribution in [3.8, 4) is 11.4 Å². The van der Waals surface area contributed by atoms with Gasteiger partial charge in [0.05, 0.1) is 19.2 Å². The summed E-state index contributed by atoms with van der Waals surface area (Å²) >= 11 is 0. The fraction of sp³-hybridized carbons (Fsp3) is 0.500. The monoisotopic (exact) mass is 373 g/mol. The minimum absolute atomic E-state index is 0.576. The van der Waals surface area contributed by atoms with Crippen molar-refractivity contribution in [1.29, 1.82) is 0 Å². The Morgan fingerprint density at radius 1 is 1.04 bits per heavy atom. The fourth-order valence-electron chi connectivity index (χ4n) is 5.62. The van der Waals surface area contributed by atoms with Gasteiger partial charge in [-0.15, -0.1) is 0 Å². The molecule has 1 aromatic heterocycles. The summed E-state index contributed by atoms with van der Waals surface area (Å²) in [4.78, 5) is 0. The van der Waals surface area contributed by atoms with Crippen LogP contribution in [0.15, 0.2) is 30.3 Å². The van der Waals surface area contributed by atoms with Gasteiger partial charge in [0.2, 0.25) is 0 Å². The van der Waals surface area contributed by atoms with Gasteiger partial charge >= 0.3 is 0 Å². The van der Waals surface area contributed by atoms with Crippen LogP contribution in [0.25, 0.3) is 22.4 Å². The van der Waals surface area contributed by atoms with Gasteiger partial charge in [-0.25, -0.2) is 9.13 Å². The Labute approximate surface area is 169 Å². The molecule has 1 saturated carbocycles. The molecule has 1 fully saturated rings. The highest BCUT2D eigenvalue weighted by molar-refractivity contribution is 5.81. The van der Waals surface area contributed by atoms with Crippen LogP contribution in [0, 0.1) is 6.92 Å². The topological polar surface area (TPSA) is 8.81 Å². The van der Waals surface area contributed by atoms with Crippen LogP contribution in [0.1, 0.15) is 80.0 Å². The highest BCUT2D eigenvalue weighted by Crippen LogP contribution is 2.38. The van der Waals surface area contributed by atoms with E-state index in [-0.39, 0.29) is 0 Å². The summed E-state index contributed by atoms with van der Waals surface area (Å²) in [5.41, 5.74) is 10.3. The zero-order valence-electron chi connectivity index (χ0n) is 17.9. The van der Waals surface area contributed by atoms with Crippen molar-refractivity contribution < 1.29 is 4.57 Å². The summed E-state index contributed by atoms with van der Waals surface area (Å²) in [5, 5.41) is 0. The molecule has 146 valence electrons. The Kier molecular flexibility index (Phi) is 4.34. The van der Waals surface area contributed by atoms with Gasteiger partial charge in [0.25, 0.3) is 5.82 Å². The minimum Gasteiger partial charge on any atom is -0.226 e. The van der Waals surface area contributed by atoms with Crippen LogP contribution in [0.5, 0.6) is 0 Å². The lowest BCUT2D eigenvalue weighted by Gasteiger charge is -2.15. The number of hydrogen-bond donors (Lipinski definition) is 0. The Balaban J connectivity index is 1.73. The molecule has 2 aliphatic rings. The quantitative estimate of drug-likeness (QED) is 0.486. The second kappa shape index (κ2) is 6.76. The molecule has 1 aliphatic carbocycles. The van der Waals surface area contributed by atoms with Gasteiger partial charge in [0, 0.05) is 5.56 Å². The molecule has 2 heteroatoms. The first-order valence-corrected chi connectivity index (χ1v) is 11.2. The first kappa shape index (κ1) is 18.0. The van der Waals surface area contributed by atoms with Crippen molar-refractivity contribution in [1.82, 2.24) is 4.57 Å². The largest absolute Gasteiger partial charge is 0.289 e. The predicted octanol–water partition coefficient (Wildman–Crippen LogP) is 6.17. The lowest BCUT2D eigenvalue weighted by atomic mass is 9.93. The van der Waals surface area contributed by atoms with Crippen LogP contribution < -0.4 is 4.57 Å². The molecule has 0 amide bonds. The second-order valence-corrected chi connectivity index (χ2v) is 9.40. The van der Waals surface area contributed by atoms with Gasteiger partial charge in [-0.2, -0.15) is 0 Å². The van der Waals surface area contributed by atoms with Gasteiger partial charge in [-0.05, 0) is 73.3 Å². The molecule has 2 heterocycles. The summed E-state index contributed by atoms with van der Waals surface area (Å²) in [5.74, 6) is 2.74. The van der Waals surface area contributed by atoms with E-state index in [1.54, 1.807) is 11.1 Å². The van der Waals surface area contributed by atoms with Gasteiger partial charge in [0.15, 0.2) is 11.0 Å². The Bertz CT molecular complexity index is 1050. The summed E-state index contributed by atoms with van der Waals surface area (Å²) in [6.45, 7) is 7.97. The molecule has 0 saturated heterocycles. The highest BCUT2D eigenvalue weighted by Gasteiger charge is 2.31. The molecule has 0 radical (unpaired) electrons. The van der Waals surface area contributed by atoms with Crippen molar-refractivity contribution >= 4 is 11.0 Å². The molecule has 28 heavy (non-hydrogen) atoms. The first-order chi connectivity index (χ1) is 13.5. The maximum Gasteiger partial charge on any atom is 0.289 e. The number of hydrogen-bond acceptors (Lipinski definition) is 0. The first-order valence-electron chi connectivity index (χ1n) is 11.2. The van der Waals surface area contributed by atoms with E-state index in [2.05, 4.69) is 67.3 Å². The van der Waals surface area contributed by atoms with Crippen LogP contribution in [0.4, 0.5) is 0 Å². The molecule has 0 bridgehead atoms. The van der Waals surface area contributed by atoms with E-state index in [4.69, 9.17) is 0 Å². The van der Waals surface area contributed by atoms with Crippen molar-refractivity contribution in [2.24, 2.45) is 7.05 Å². The van der Waals surface area contributed by atoms with E-state index in [9.17, 15) is 0 Å². The van der Waals surface area contributed by atoms with Gasteiger partial charge in [-0.3, -0.25) is 0 Å². The third-order valence-electron chi connectivity index (χ3n) is 7.21. The van der Waals surface area contributed by atoms with E-state index in [0.29, 0.717) is 5.92 Å². The summed E-state index contributed by atoms with van der Waals surface area (Å²) in [6, 6.07) is 12.1. The molecule has 1 aliphatic heterocycles. The van der Waals surface area contributed by atoms with Crippen molar-refractivity contribution in [3.63, 3.8) is 0 Å². The van der Waals surface area contributed by atoms with Crippen LogP contribution >= 0.6 is 0 Å². The van der Waals surface area contributed by atoms with Gasteiger partial charge in [0.1, 0.15) is 0 Å². The van der Waals surface area contributed by atoms with E-state index >= 15 is 0 Å². The number of benzene rings is 2. The number of nitrogens with zero attached hydrogens (tertiary/aromatic N) is 2. The number of imidazole rings is 1. The summed E-state index contributed by atoms with van der Waals surface area (Å²) in [7, 11) is 2.28. The van der Waals surface area contributed by atoms with Gasteiger partial charge < -0.3 is 0 Å². The van der Waals surface area contributed by atoms with Gasteiger partial charge in [-0.1, -0.05) is 44.9 Å². The molecule has 0 spiro atoms. The average molecular weight is 374 g/mol. The van der Waals surface area contributed by atoms with E-state index in [0.717, 1.165) is 12.5 Å². The number of rotatable bonds is 3. The maximum absolute atomic E-state index is 2.60. The smallest absolute Gasteiger partial charge is 0.226 e. The lowest BCUT2D eigenvalue weighted by Crippen LogP contribution is -2.39. The third-order valence-corrected chi connectivity index (χ3v) is 7.21. The molecule has 2 aromatic carbocycles. The molecule has 0 atom stereocenters. The van der Waals surface area contributed by atoms with Crippen molar-refractivity contribution in [2.45, 2.75) is 77.7 Å². The highest BCUT2D eigenvalue weighted by atomic mass is 15.2. The Morgan fingerprint density at radius 3 is 2.54 bits per heavy atom. The van der Waals surface area contributed by atoms with Crippen molar-refractivity contribution in [2.75, 3.05) is 0 Å². The minimum atomic E-state index is 0.576. The standard InChI is InChI=1S/C26H33N2/c1-17(2)20-11-12-23(18(3)14-20)26-27(4)24-16-22(19-8-5-6-9-19)15-21-10-7-13-28(26)25(21)24/h11-12,14-17,19H,5-10,13H2,1-4H3/q+1. The van der Waals surface area contributed by atoms with Crippen LogP contribution in [0.3, 0.4) is 0 Å². The number of aromatic nitrogens is 2. The third kappa shape index (κ3) is 2.72. The lowest BCUT2D eigenvalue weighted by molar-refractivity contribution is -0.664. The summed E-state index contributed by atoms with van der Waals surface area (Å²) in [6.07, 6.45) is 8.03. The molecular formula is C26H33N2+.